The van der Waals surface area contributed by atoms with Crippen LogP contribution >= 0.6 is 11.8 Å². The number of carbonyl (C=O) groups is 1. The molecule has 3 rings (SSSR count). The highest BCUT2D eigenvalue weighted by atomic mass is 32.2. The van der Waals surface area contributed by atoms with Gasteiger partial charge in [-0.25, -0.2) is 0 Å². The number of rotatable bonds is 4. The van der Waals surface area contributed by atoms with Crippen molar-refractivity contribution in [3.05, 3.63) is 65.2 Å². The molecule has 0 aromatic heterocycles. The topological polar surface area (TPSA) is 29.5 Å². The molecule has 26 heavy (non-hydrogen) atoms. The maximum Gasteiger partial charge on any atom is 0.228 e. The predicted molar refractivity (Wildman–Crippen MR) is 109 cm³/mol. The smallest absolute Gasteiger partial charge is 0.228 e. The second kappa shape index (κ2) is 7.75. The number of nitrogens with zero attached hydrogens (tertiary/aromatic N) is 1. The van der Waals surface area contributed by atoms with Gasteiger partial charge in [-0.15, -0.1) is 11.8 Å². The molecule has 0 N–H and O–H groups in total. The number of thioether (sulfide) groups is 1. The first-order valence-corrected chi connectivity index (χ1v) is 10.1. The third kappa shape index (κ3) is 4.24. The van der Waals surface area contributed by atoms with Crippen LogP contribution in [0.2, 0.25) is 0 Å². The summed E-state index contributed by atoms with van der Waals surface area (Å²) in [5.74, 6) is 1.99. The average molecular weight is 370 g/mol. The molecule has 1 heterocycles. The zero-order valence-electron chi connectivity index (χ0n) is 16.0. The van der Waals surface area contributed by atoms with Crippen molar-refractivity contribution in [3.8, 4) is 5.75 Å². The van der Waals surface area contributed by atoms with Gasteiger partial charge in [-0.1, -0.05) is 57.2 Å². The Bertz CT molecular complexity index is 747. The van der Waals surface area contributed by atoms with Gasteiger partial charge in [-0.05, 0) is 34.2 Å². The second-order valence-corrected chi connectivity index (χ2v) is 8.90. The van der Waals surface area contributed by atoms with Crippen molar-refractivity contribution >= 4 is 17.7 Å². The van der Waals surface area contributed by atoms with Gasteiger partial charge in [0.1, 0.15) is 11.1 Å². The lowest BCUT2D eigenvalue weighted by molar-refractivity contribution is -0.130. The summed E-state index contributed by atoms with van der Waals surface area (Å²) in [4.78, 5) is 14.9. The highest BCUT2D eigenvalue weighted by Gasteiger charge is 2.30. The molecule has 2 aromatic rings. The van der Waals surface area contributed by atoms with Crippen LogP contribution in [-0.4, -0.2) is 30.2 Å². The van der Waals surface area contributed by atoms with Crippen LogP contribution in [0.1, 0.15) is 42.8 Å². The van der Waals surface area contributed by atoms with Crippen LogP contribution in [0.5, 0.6) is 5.75 Å². The summed E-state index contributed by atoms with van der Waals surface area (Å²) >= 11 is 1.85. The van der Waals surface area contributed by atoms with Gasteiger partial charge >= 0.3 is 0 Å². The van der Waals surface area contributed by atoms with Crippen LogP contribution in [0.25, 0.3) is 0 Å². The van der Waals surface area contributed by atoms with E-state index >= 15 is 0 Å². The molecule has 1 fully saturated rings. The summed E-state index contributed by atoms with van der Waals surface area (Å²) < 4.78 is 5.18. The zero-order chi connectivity index (χ0) is 18.7. The lowest BCUT2D eigenvalue weighted by atomic mass is 9.86. The van der Waals surface area contributed by atoms with Crippen LogP contribution in [-0.2, 0) is 16.6 Å². The lowest BCUT2D eigenvalue weighted by Crippen LogP contribution is -2.31. The molecule has 138 valence electrons. The molecule has 0 radical (unpaired) electrons. The van der Waals surface area contributed by atoms with E-state index in [-0.39, 0.29) is 16.7 Å². The minimum atomic E-state index is 0.120. The van der Waals surface area contributed by atoms with E-state index in [0.717, 1.165) is 23.6 Å². The van der Waals surface area contributed by atoms with Crippen molar-refractivity contribution in [2.24, 2.45) is 0 Å². The Kier molecular flexibility index (Phi) is 5.61. The van der Waals surface area contributed by atoms with Crippen molar-refractivity contribution < 1.29 is 9.53 Å². The number of methoxy groups -OCH3 is 1. The SMILES string of the molecule is COc1ccc(CC(=O)N2CCSC2c2ccc(C(C)(C)C)cc2)cc1. The van der Waals surface area contributed by atoms with E-state index in [1.807, 2.05) is 40.9 Å². The largest absolute Gasteiger partial charge is 0.497 e. The fourth-order valence-corrected chi connectivity index (χ4v) is 4.45. The van der Waals surface area contributed by atoms with Crippen LogP contribution in [0.4, 0.5) is 0 Å². The average Bonchev–Trinajstić information content (AvgIpc) is 3.11. The van der Waals surface area contributed by atoms with Crippen LogP contribution in [0.3, 0.4) is 0 Å². The number of carbonyl (C=O) groups excluding carboxylic acids is 1. The number of hydrogen-bond acceptors (Lipinski definition) is 3. The van der Waals surface area contributed by atoms with Crippen LogP contribution in [0, 0.1) is 0 Å². The van der Waals surface area contributed by atoms with E-state index < -0.39 is 0 Å². The van der Waals surface area contributed by atoms with Gasteiger partial charge < -0.3 is 9.64 Å². The molecule has 1 aliphatic rings. The molecule has 4 heteroatoms. The maximum atomic E-state index is 12.9. The summed E-state index contributed by atoms with van der Waals surface area (Å²) in [6.07, 6.45) is 0.432. The first-order chi connectivity index (χ1) is 12.4. The van der Waals surface area contributed by atoms with E-state index in [4.69, 9.17) is 4.74 Å². The number of ether oxygens (including phenoxy) is 1. The molecule has 2 aromatic carbocycles. The number of hydrogen-bond donors (Lipinski definition) is 0. The van der Waals surface area contributed by atoms with E-state index in [2.05, 4.69) is 45.0 Å². The molecule has 1 amide bonds. The van der Waals surface area contributed by atoms with Gasteiger partial charge in [0.05, 0.1) is 13.5 Å². The van der Waals surface area contributed by atoms with E-state index in [1.165, 1.54) is 11.1 Å². The molecular weight excluding hydrogens is 342 g/mol. The Morgan fingerprint density at radius 2 is 1.77 bits per heavy atom. The molecule has 1 unspecified atom stereocenters. The number of benzene rings is 2. The van der Waals surface area contributed by atoms with Crippen molar-refractivity contribution in [2.45, 2.75) is 38.0 Å². The Balaban J connectivity index is 1.71. The van der Waals surface area contributed by atoms with E-state index in [0.29, 0.717) is 6.42 Å². The second-order valence-electron chi connectivity index (χ2n) is 7.71. The predicted octanol–water partition coefficient (Wildman–Crippen LogP) is 4.81. The Labute approximate surface area is 160 Å². The van der Waals surface area contributed by atoms with Crippen molar-refractivity contribution in [1.29, 1.82) is 0 Å². The monoisotopic (exact) mass is 369 g/mol. The highest BCUT2D eigenvalue weighted by Crippen LogP contribution is 2.39. The van der Waals surface area contributed by atoms with E-state index in [9.17, 15) is 4.79 Å². The third-order valence-electron chi connectivity index (χ3n) is 4.79. The van der Waals surface area contributed by atoms with Crippen molar-refractivity contribution in [3.63, 3.8) is 0 Å². The van der Waals surface area contributed by atoms with Crippen molar-refractivity contribution in [1.82, 2.24) is 4.90 Å². The van der Waals surface area contributed by atoms with Crippen LogP contribution in [0.15, 0.2) is 48.5 Å². The van der Waals surface area contributed by atoms with Gasteiger partial charge in [-0.3, -0.25) is 4.79 Å². The first kappa shape index (κ1) is 18.8. The van der Waals surface area contributed by atoms with Gasteiger partial charge in [0, 0.05) is 12.3 Å². The van der Waals surface area contributed by atoms with Gasteiger partial charge in [0.2, 0.25) is 5.91 Å². The quantitative estimate of drug-likeness (QED) is 0.775. The lowest BCUT2D eigenvalue weighted by Gasteiger charge is -2.25. The normalized spacial score (nSPS) is 17.4. The summed E-state index contributed by atoms with van der Waals surface area (Å²) in [6, 6.07) is 16.5. The summed E-state index contributed by atoms with van der Waals surface area (Å²) in [7, 11) is 1.65. The molecule has 1 aliphatic heterocycles. The molecule has 1 atom stereocenters. The fourth-order valence-electron chi connectivity index (χ4n) is 3.17. The molecule has 3 nitrogen and oxygen atoms in total. The maximum absolute atomic E-state index is 12.9. The Hall–Kier alpha value is -1.94. The van der Waals surface area contributed by atoms with Crippen molar-refractivity contribution in [2.75, 3.05) is 19.4 Å². The molecule has 0 saturated carbocycles. The third-order valence-corrected chi connectivity index (χ3v) is 6.05. The molecule has 0 bridgehead atoms. The summed E-state index contributed by atoms with van der Waals surface area (Å²) in [5, 5.41) is 0.120. The first-order valence-electron chi connectivity index (χ1n) is 9.03. The molecule has 0 spiro atoms. The van der Waals surface area contributed by atoms with Gasteiger partial charge in [-0.2, -0.15) is 0 Å². The minimum Gasteiger partial charge on any atom is -0.497 e. The van der Waals surface area contributed by atoms with Gasteiger partial charge in [0.15, 0.2) is 0 Å². The Morgan fingerprint density at radius 3 is 2.35 bits per heavy atom. The Morgan fingerprint density at radius 1 is 1.12 bits per heavy atom. The summed E-state index contributed by atoms with van der Waals surface area (Å²) in [6.45, 7) is 7.47. The van der Waals surface area contributed by atoms with Gasteiger partial charge in [0.25, 0.3) is 0 Å². The molecule has 1 saturated heterocycles. The molecule has 0 aliphatic carbocycles. The zero-order valence-corrected chi connectivity index (χ0v) is 16.8. The van der Waals surface area contributed by atoms with E-state index in [1.54, 1.807) is 7.11 Å². The molecular formula is C22H27NO2S. The van der Waals surface area contributed by atoms with Crippen LogP contribution < -0.4 is 4.74 Å². The highest BCUT2D eigenvalue weighted by molar-refractivity contribution is 7.99. The standard InChI is InChI=1S/C22H27NO2S/c1-22(2,3)18-9-7-17(8-10-18)21-23(13-14-26-21)20(24)15-16-5-11-19(25-4)12-6-16/h5-12,21H,13-15H2,1-4H3. The minimum absolute atomic E-state index is 0.120. The number of amides is 1. The summed E-state index contributed by atoms with van der Waals surface area (Å²) in [5.41, 5.74) is 3.70. The fraction of sp³-hybridized carbons (Fsp3) is 0.409.